The predicted octanol–water partition coefficient (Wildman–Crippen LogP) is 3.12. The number of carbonyl (C=O) groups is 2. The quantitative estimate of drug-likeness (QED) is 0.578. The highest BCUT2D eigenvalue weighted by Gasteiger charge is 2.35. The average molecular weight is 302 g/mol. The molecule has 22 heavy (non-hydrogen) atoms. The highest BCUT2D eigenvalue weighted by atomic mass is 16.5. The number of ketones is 1. The first-order chi connectivity index (χ1) is 10.7. The van der Waals surface area contributed by atoms with Crippen LogP contribution in [-0.2, 0) is 19.1 Å². The van der Waals surface area contributed by atoms with Crippen LogP contribution in [0.2, 0.25) is 0 Å². The first-order valence-corrected chi connectivity index (χ1v) is 7.64. The molecule has 0 aromatic rings. The number of rotatable bonds is 5. The van der Waals surface area contributed by atoms with Crippen molar-refractivity contribution in [2.24, 2.45) is 11.8 Å². The summed E-state index contributed by atoms with van der Waals surface area (Å²) >= 11 is 0. The van der Waals surface area contributed by atoms with E-state index < -0.39 is 0 Å². The van der Waals surface area contributed by atoms with Crippen molar-refractivity contribution in [3.8, 4) is 0 Å². The van der Waals surface area contributed by atoms with Crippen LogP contribution in [0.15, 0.2) is 47.8 Å². The number of carbonyl (C=O) groups excluding carboxylic acids is 2. The Hall–Kier alpha value is -2.10. The number of methoxy groups -OCH3 is 1. The third-order valence-electron chi connectivity index (χ3n) is 3.98. The number of ether oxygens (including phenoxy) is 2. The van der Waals surface area contributed by atoms with Gasteiger partial charge in [0.05, 0.1) is 19.6 Å². The largest absolute Gasteiger partial charge is 0.497 e. The molecule has 0 aliphatic heterocycles. The molecule has 2 aliphatic rings. The molecule has 0 aromatic heterocycles. The van der Waals surface area contributed by atoms with Crippen molar-refractivity contribution in [1.82, 2.24) is 0 Å². The topological polar surface area (TPSA) is 52.6 Å². The van der Waals surface area contributed by atoms with Crippen molar-refractivity contribution in [1.29, 1.82) is 0 Å². The third kappa shape index (κ3) is 3.75. The van der Waals surface area contributed by atoms with Crippen LogP contribution >= 0.6 is 0 Å². The van der Waals surface area contributed by atoms with Crippen LogP contribution in [0.1, 0.15) is 26.2 Å². The molecule has 118 valence electrons. The molecule has 0 bridgehead atoms. The Bertz CT molecular complexity index is 551. The van der Waals surface area contributed by atoms with Crippen LogP contribution in [0, 0.1) is 11.8 Å². The minimum atomic E-state index is -0.378. The first kappa shape index (κ1) is 16.3. The molecule has 2 rings (SSSR count). The van der Waals surface area contributed by atoms with E-state index >= 15 is 0 Å². The van der Waals surface area contributed by atoms with E-state index in [1.54, 1.807) is 26.2 Å². The Labute approximate surface area is 131 Å². The van der Waals surface area contributed by atoms with Gasteiger partial charge in [-0.3, -0.25) is 9.59 Å². The molecule has 4 nitrogen and oxygen atoms in total. The summed E-state index contributed by atoms with van der Waals surface area (Å²) in [6.45, 7) is 2.12. The zero-order valence-electron chi connectivity index (χ0n) is 13.1. The van der Waals surface area contributed by atoms with Crippen LogP contribution < -0.4 is 0 Å². The van der Waals surface area contributed by atoms with Crippen LogP contribution in [0.4, 0.5) is 0 Å². The maximum absolute atomic E-state index is 12.8. The minimum absolute atomic E-state index is 0.0284. The SMILES string of the molecule is CCOC(=O)C1CC=CCC1C(=O)C1=CC=C(OC)C=CC1. The summed E-state index contributed by atoms with van der Waals surface area (Å²) in [5.74, 6) is -0.241. The van der Waals surface area contributed by atoms with E-state index in [0.717, 1.165) is 0 Å². The molecule has 4 heteroatoms. The Kier molecular flexibility index (Phi) is 5.75. The van der Waals surface area contributed by atoms with Gasteiger partial charge in [0, 0.05) is 5.92 Å². The van der Waals surface area contributed by atoms with Crippen molar-refractivity contribution < 1.29 is 19.1 Å². The Balaban J connectivity index is 2.18. The van der Waals surface area contributed by atoms with E-state index in [1.165, 1.54) is 0 Å². The highest BCUT2D eigenvalue weighted by molar-refractivity contribution is 6.00. The molecule has 0 aromatic carbocycles. The van der Waals surface area contributed by atoms with Gasteiger partial charge in [0.25, 0.3) is 0 Å². The van der Waals surface area contributed by atoms with Crippen molar-refractivity contribution >= 4 is 11.8 Å². The van der Waals surface area contributed by atoms with Crippen LogP contribution in [0.25, 0.3) is 0 Å². The molecule has 2 aliphatic carbocycles. The molecule has 0 heterocycles. The summed E-state index contributed by atoms with van der Waals surface area (Å²) < 4.78 is 10.3. The average Bonchev–Trinajstić information content (AvgIpc) is 2.80. The van der Waals surface area contributed by atoms with Crippen molar-refractivity contribution in [3.05, 3.63) is 47.8 Å². The third-order valence-corrected chi connectivity index (χ3v) is 3.98. The van der Waals surface area contributed by atoms with Gasteiger partial charge < -0.3 is 9.47 Å². The Morgan fingerprint density at radius 1 is 1.14 bits per heavy atom. The molecule has 0 fully saturated rings. The lowest BCUT2D eigenvalue weighted by atomic mass is 9.78. The van der Waals surface area contributed by atoms with E-state index in [-0.39, 0.29) is 23.6 Å². The fourth-order valence-electron chi connectivity index (χ4n) is 2.78. The van der Waals surface area contributed by atoms with E-state index in [0.29, 0.717) is 37.2 Å². The Morgan fingerprint density at radius 3 is 2.55 bits per heavy atom. The molecule has 0 saturated carbocycles. The van der Waals surface area contributed by atoms with Crippen molar-refractivity contribution in [2.75, 3.05) is 13.7 Å². The van der Waals surface area contributed by atoms with Crippen LogP contribution in [0.5, 0.6) is 0 Å². The zero-order valence-corrected chi connectivity index (χ0v) is 13.1. The molecular formula is C18H22O4. The second kappa shape index (κ2) is 7.78. The second-order valence-electron chi connectivity index (χ2n) is 5.34. The summed E-state index contributed by atoms with van der Waals surface area (Å²) in [5, 5.41) is 0. The summed E-state index contributed by atoms with van der Waals surface area (Å²) in [6.07, 6.45) is 13.0. The summed E-state index contributed by atoms with van der Waals surface area (Å²) in [5.41, 5.74) is 0.706. The molecule has 0 N–H and O–H groups in total. The molecule has 0 spiro atoms. The number of allylic oxidation sites excluding steroid dienone is 7. The predicted molar refractivity (Wildman–Crippen MR) is 83.9 cm³/mol. The fourth-order valence-corrected chi connectivity index (χ4v) is 2.78. The van der Waals surface area contributed by atoms with E-state index in [1.807, 2.05) is 24.3 Å². The molecule has 2 atom stereocenters. The molecular weight excluding hydrogens is 280 g/mol. The second-order valence-corrected chi connectivity index (χ2v) is 5.34. The van der Waals surface area contributed by atoms with Crippen LogP contribution in [0.3, 0.4) is 0 Å². The smallest absolute Gasteiger partial charge is 0.309 e. The maximum atomic E-state index is 12.8. The van der Waals surface area contributed by atoms with Crippen molar-refractivity contribution in [2.45, 2.75) is 26.2 Å². The van der Waals surface area contributed by atoms with E-state index in [9.17, 15) is 9.59 Å². The number of hydrogen-bond acceptors (Lipinski definition) is 4. The highest BCUT2D eigenvalue weighted by Crippen LogP contribution is 2.31. The van der Waals surface area contributed by atoms with Gasteiger partial charge in [0.2, 0.25) is 0 Å². The van der Waals surface area contributed by atoms with Gasteiger partial charge in [-0.1, -0.05) is 24.3 Å². The van der Waals surface area contributed by atoms with Gasteiger partial charge in [-0.25, -0.2) is 0 Å². The van der Waals surface area contributed by atoms with Gasteiger partial charge in [-0.05, 0) is 43.9 Å². The minimum Gasteiger partial charge on any atom is -0.497 e. The normalized spacial score (nSPS) is 24.1. The van der Waals surface area contributed by atoms with Crippen molar-refractivity contribution in [3.63, 3.8) is 0 Å². The molecule has 2 unspecified atom stereocenters. The summed E-state index contributed by atoms with van der Waals surface area (Å²) in [6, 6.07) is 0. The van der Waals surface area contributed by atoms with Gasteiger partial charge in [0.15, 0.2) is 5.78 Å². The van der Waals surface area contributed by atoms with Gasteiger partial charge >= 0.3 is 5.97 Å². The van der Waals surface area contributed by atoms with Gasteiger partial charge in [0.1, 0.15) is 5.76 Å². The van der Waals surface area contributed by atoms with E-state index in [4.69, 9.17) is 9.47 Å². The zero-order chi connectivity index (χ0) is 15.9. The van der Waals surface area contributed by atoms with E-state index in [2.05, 4.69) is 0 Å². The number of esters is 1. The van der Waals surface area contributed by atoms with Gasteiger partial charge in [-0.15, -0.1) is 0 Å². The van der Waals surface area contributed by atoms with Gasteiger partial charge in [-0.2, -0.15) is 0 Å². The number of Topliss-reactive ketones (excluding diaryl/α,β-unsaturated/α-hetero) is 1. The summed E-state index contributed by atoms with van der Waals surface area (Å²) in [7, 11) is 1.60. The molecule has 0 amide bonds. The molecule has 0 radical (unpaired) electrons. The Morgan fingerprint density at radius 2 is 1.86 bits per heavy atom. The molecule has 0 saturated heterocycles. The lowest BCUT2D eigenvalue weighted by Crippen LogP contribution is -2.33. The summed E-state index contributed by atoms with van der Waals surface area (Å²) in [4.78, 5) is 24.9. The first-order valence-electron chi connectivity index (χ1n) is 7.64. The fraction of sp³-hybridized carbons (Fsp3) is 0.444. The lowest BCUT2D eigenvalue weighted by Gasteiger charge is -2.26. The van der Waals surface area contributed by atoms with Crippen LogP contribution in [-0.4, -0.2) is 25.5 Å². The number of hydrogen-bond donors (Lipinski definition) is 0. The lowest BCUT2D eigenvalue weighted by molar-refractivity contribution is -0.152. The standard InChI is InChI=1S/C18H22O4/c1-3-22-18(20)16-10-5-4-9-15(16)17(19)13-7-6-8-14(21-2)12-11-13/h4-6,8,11-12,15-16H,3,7,9-10H2,1-2H3. The monoisotopic (exact) mass is 302 g/mol. The maximum Gasteiger partial charge on any atom is 0.309 e.